The topological polar surface area (TPSA) is 129 Å². The number of aromatic nitrogens is 1. The minimum Gasteiger partial charge on any atom is -0.475 e. The number of alkyl halides is 6. The molecule has 1 amide bonds. The van der Waals surface area contributed by atoms with Gasteiger partial charge in [0.1, 0.15) is 0 Å². The lowest BCUT2D eigenvalue weighted by Crippen LogP contribution is -2.34. The van der Waals surface area contributed by atoms with E-state index >= 15 is 0 Å². The number of nitrogens with zero attached hydrogens (tertiary/aromatic N) is 2. The molecule has 0 aliphatic carbocycles. The number of hydrogen-bond acceptors (Lipinski definition) is 7. The molecule has 3 N–H and O–H groups in total. The molecule has 9 nitrogen and oxygen atoms in total. The van der Waals surface area contributed by atoms with Gasteiger partial charge >= 0.3 is 24.3 Å². The highest BCUT2D eigenvalue weighted by Crippen LogP contribution is 2.34. The quantitative estimate of drug-likeness (QED) is 0.467. The zero-order chi connectivity index (χ0) is 28.5. The van der Waals surface area contributed by atoms with Crippen molar-refractivity contribution in [3.63, 3.8) is 0 Å². The Morgan fingerprint density at radius 1 is 1.03 bits per heavy atom. The summed E-state index contributed by atoms with van der Waals surface area (Å²) in [6, 6.07) is 7.76. The van der Waals surface area contributed by atoms with Crippen LogP contribution in [-0.2, 0) is 20.9 Å². The number of carbonyl (C=O) groups excluding carboxylic acids is 1. The largest absolute Gasteiger partial charge is 0.490 e. The second-order valence-electron chi connectivity index (χ2n) is 8.12. The number of fused-ring (bicyclic) bond motifs is 1. The van der Waals surface area contributed by atoms with Gasteiger partial charge in [0.2, 0.25) is 0 Å². The zero-order valence-electron chi connectivity index (χ0n) is 19.4. The first-order valence-electron chi connectivity index (χ1n) is 10.8. The highest BCUT2D eigenvalue weighted by Gasteiger charge is 2.43. The third-order valence-corrected chi connectivity index (χ3v) is 6.29. The predicted molar refractivity (Wildman–Crippen MR) is 120 cm³/mol. The van der Waals surface area contributed by atoms with E-state index in [9.17, 15) is 31.1 Å². The van der Waals surface area contributed by atoms with Gasteiger partial charge in [-0.15, -0.1) is 11.3 Å². The maximum Gasteiger partial charge on any atom is 0.490 e. The SMILES string of the molecule is O=C(NC[C@@H]1CO[C@@H]2CN(Cc3cccs3)C[C@H]12)c1ccncc1.O=C(O)C(F)(F)F.O=C(O)C(F)(F)F. The molecule has 210 valence electrons. The fourth-order valence-electron chi connectivity index (χ4n) is 3.67. The fourth-order valence-corrected chi connectivity index (χ4v) is 4.42. The summed E-state index contributed by atoms with van der Waals surface area (Å²) in [4.78, 5) is 37.8. The first-order chi connectivity index (χ1) is 17.7. The number of carbonyl (C=O) groups is 3. The monoisotopic (exact) mass is 571 g/mol. The second kappa shape index (κ2) is 13.5. The van der Waals surface area contributed by atoms with Gasteiger partial charge in [-0.1, -0.05) is 6.07 Å². The van der Waals surface area contributed by atoms with Crippen molar-refractivity contribution in [3.8, 4) is 0 Å². The second-order valence-corrected chi connectivity index (χ2v) is 9.15. The van der Waals surface area contributed by atoms with Crippen molar-refractivity contribution in [1.82, 2.24) is 15.2 Å². The Kier molecular flexibility index (Phi) is 11.0. The molecule has 0 radical (unpaired) electrons. The fraction of sp³-hybridized carbons (Fsp3) is 0.455. The Morgan fingerprint density at radius 3 is 2.11 bits per heavy atom. The van der Waals surface area contributed by atoms with E-state index in [1.54, 1.807) is 35.9 Å². The number of hydrogen-bond donors (Lipinski definition) is 3. The van der Waals surface area contributed by atoms with Crippen LogP contribution in [0, 0.1) is 11.8 Å². The molecular formula is C22H23F6N3O6S. The molecule has 2 aliphatic heterocycles. The van der Waals surface area contributed by atoms with Gasteiger partial charge in [-0.25, -0.2) is 9.59 Å². The average Bonchev–Trinajstić information content (AvgIpc) is 3.56. The maximum absolute atomic E-state index is 12.2. The van der Waals surface area contributed by atoms with Crippen LogP contribution < -0.4 is 5.32 Å². The Labute approximate surface area is 216 Å². The normalized spacial score (nSPS) is 20.8. The van der Waals surface area contributed by atoms with E-state index in [4.69, 9.17) is 24.5 Å². The van der Waals surface area contributed by atoms with Crippen LogP contribution in [-0.4, -0.2) is 82.6 Å². The number of halogens is 6. The Balaban J connectivity index is 0.000000301. The van der Waals surface area contributed by atoms with E-state index in [1.807, 2.05) is 0 Å². The highest BCUT2D eigenvalue weighted by molar-refractivity contribution is 7.09. The predicted octanol–water partition coefficient (Wildman–Crippen LogP) is 3.29. The van der Waals surface area contributed by atoms with Crippen LogP contribution in [0.15, 0.2) is 42.0 Å². The minimum atomic E-state index is -5.08. The molecule has 16 heteroatoms. The molecule has 3 atom stereocenters. The van der Waals surface area contributed by atoms with Gasteiger partial charge in [-0.2, -0.15) is 26.3 Å². The summed E-state index contributed by atoms with van der Waals surface area (Å²) in [5.74, 6) is -4.63. The summed E-state index contributed by atoms with van der Waals surface area (Å²) in [6.45, 7) is 4.48. The third kappa shape index (κ3) is 9.90. The molecule has 0 spiro atoms. The van der Waals surface area contributed by atoms with Crippen molar-refractivity contribution in [3.05, 3.63) is 52.5 Å². The third-order valence-electron chi connectivity index (χ3n) is 5.43. The number of ether oxygens (including phenoxy) is 1. The number of amides is 1. The molecule has 2 fully saturated rings. The first-order valence-corrected chi connectivity index (χ1v) is 11.7. The summed E-state index contributed by atoms with van der Waals surface area (Å²) in [7, 11) is 0. The standard InChI is InChI=1S/C18H21N3O2S.2C2HF3O2/c22-18(13-3-5-19-6-4-13)20-8-14-12-23-17-11-21(10-16(14)17)9-15-2-1-7-24-15;2*3-2(4,5)1(6)7/h1-7,14,16-17H,8-12H2,(H,20,22);2*(H,6,7)/t14-,16-,17-;;/m1../s1. The van der Waals surface area contributed by atoms with Crippen molar-refractivity contribution in [2.75, 3.05) is 26.2 Å². The van der Waals surface area contributed by atoms with Gasteiger partial charge in [0.15, 0.2) is 0 Å². The molecule has 2 aromatic rings. The van der Waals surface area contributed by atoms with Crippen molar-refractivity contribution in [2.24, 2.45) is 11.8 Å². The number of likely N-dealkylation sites (tertiary alicyclic amines) is 1. The van der Waals surface area contributed by atoms with E-state index < -0.39 is 24.3 Å². The van der Waals surface area contributed by atoms with Gasteiger partial charge in [0.05, 0.1) is 12.7 Å². The van der Waals surface area contributed by atoms with Gasteiger partial charge in [-0.3, -0.25) is 14.7 Å². The average molecular weight is 571 g/mol. The van der Waals surface area contributed by atoms with E-state index in [-0.39, 0.29) is 5.91 Å². The van der Waals surface area contributed by atoms with Gasteiger partial charge < -0.3 is 20.3 Å². The van der Waals surface area contributed by atoms with Crippen LogP contribution in [0.5, 0.6) is 0 Å². The van der Waals surface area contributed by atoms with Crippen LogP contribution in [0.1, 0.15) is 15.2 Å². The van der Waals surface area contributed by atoms with E-state index in [0.29, 0.717) is 30.0 Å². The summed E-state index contributed by atoms with van der Waals surface area (Å²) in [5, 5.41) is 19.4. The number of carboxylic acids is 2. The summed E-state index contributed by atoms with van der Waals surface area (Å²) in [5.41, 5.74) is 0.659. The molecule has 0 aromatic carbocycles. The Morgan fingerprint density at radius 2 is 1.61 bits per heavy atom. The molecule has 2 aromatic heterocycles. The van der Waals surface area contributed by atoms with Crippen LogP contribution in [0.4, 0.5) is 26.3 Å². The van der Waals surface area contributed by atoms with Crippen LogP contribution in [0.3, 0.4) is 0 Å². The van der Waals surface area contributed by atoms with Crippen LogP contribution in [0.2, 0.25) is 0 Å². The Hall–Kier alpha value is -3.24. The van der Waals surface area contributed by atoms with Gasteiger partial charge in [-0.05, 0) is 23.6 Å². The molecule has 4 rings (SSSR count). The zero-order valence-corrected chi connectivity index (χ0v) is 20.2. The van der Waals surface area contributed by atoms with Gasteiger partial charge in [0, 0.05) is 60.8 Å². The molecular weight excluding hydrogens is 548 g/mol. The Bertz CT molecular complexity index is 1030. The van der Waals surface area contributed by atoms with Crippen LogP contribution >= 0.6 is 11.3 Å². The summed E-state index contributed by atoms with van der Waals surface area (Å²) in [6.07, 6.45) is -6.57. The number of aliphatic carboxylic acids is 2. The minimum absolute atomic E-state index is 0.0331. The molecule has 38 heavy (non-hydrogen) atoms. The lowest BCUT2D eigenvalue weighted by molar-refractivity contribution is -0.193. The molecule has 2 aliphatic rings. The van der Waals surface area contributed by atoms with Crippen LogP contribution in [0.25, 0.3) is 0 Å². The number of rotatable bonds is 5. The molecule has 4 heterocycles. The smallest absolute Gasteiger partial charge is 0.475 e. The van der Waals surface area contributed by atoms with E-state index in [1.165, 1.54) is 4.88 Å². The lowest BCUT2D eigenvalue weighted by atomic mass is 9.93. The van der Waals surface area contributed by atoms with E-state index in [0.717, 1.165) is 26.2 Å². The number of carboxylic acid groups (broad SMARTS) is 2. The summed E-state index contributed by atoms with van der Waals surface area (Å²) < 4.78 is 69.4. The van der Waals surface area contributed by atoms with E-state index in [2.05, 4.69) is 32.7 Å². The van der Waals surface area contributed by atoms with Crippen molar-refractivity contribution in [2.45, 2.75) is 25.0 Å². The molecule has 0 saturated carbocycles. The maximum atomic E-state index is 12.2. The van der Waals surface area contributed by atoms with Crippen molar-refractivity contribution in [1.29, 1.82) is 0 Å². The van der Waals surface area contributed by atoms with Gasteiger partial charge in [0.25, 0.3) is 5.91 Å². The molecule has 2 saturated heterocycles. The van der Waals surface area contributed by atoms with Crippen molar-refractivity contribution < 1.29 is 55.7 Å². The molecule has 0 unspecified atom stereocenters. The first kappa shape index (κ1) is 31.0. The highest BCUT2D eigenvalue weighted by atomic mass is 32.1. The number of pyridine rings is 1. The van der Waals surface area contributed by atoms with Crippen molar-refractivity contribution >= 4 is 29.2 Å². The lowest BCUT2D eigenvalue weighted by Gasteiger charge is -2.19. The summed E-state index contributed by atoms with van der Waals surface area (Å²) >= 11 is 1.81. The molecule has 0 bridgehead atoms. The number of nitrogens with one attached hydrogen (secondary N) is 1. The number of thiophene rings is 1.